The Bertz CT molecular complexity index is 1120. The molecule has 3 rings (SSSR count). The number of rotatable bonds is 5. The number of thiazole rings is 1. The summed E-state index contributed by atoms with van der Waals surface area (Å²) in [6, 6.07) is 13.7. The summed E-state index contributed by atoms with van der Waals surface area (Å²) in [6.07, 6.45) is 0.320. The van der Waals surface area contributed by atoms with Crippen LogP contribution in [0.3, 0.4) is 0 Å². The zero-order chi connectivity index (χ0) is 18.7. The molecular formula is C18H17ClN2O3S2. The largest absolute Gasteiger partial charge is 0.319 e. The summed E-state index contributed by atoms with van der Waals surface area (Å²) >= 11 is 7.37. The van der Waals surface area contributed by atoms with Crippen molar-refractivity contribution in [3.8, 4) is 0 Å². The first-order valence-electron chi connectivity index (χ1n) is 7.97. The van der Waals surface area contributed by atoms with Gasteiger partial charge in [-0.3, -0.25) is 4.79 Å². The van der Waals surface area contributed by atoms with Gasteiger partial charge >= 0.3 is 0 Å². The van der Waals surface area contributed by atoms with Gasteiger partial charge in [-0.05, 0) is 36.8 Å². The van der Waals surface area contributed by atoms with Crippen molar-refractivity contribution in [3.63, 3.8) is 0 Å². The molecule has 2 aromatic carbocycles. The number of benzene rings is 2. The van der Waals surface area contributed by atoms with Gasteiger partial charge < -0.3 is 4.57 Å². The lowest BCUT2D eigenvalue weighted by Crippen LogP contribution is -2.14. The third kappa shape index (κ3) is 4.23. The van der Waals surface area contributed by atoms with E-state index in [9.17, 15) is 13.2 Å². The van der Waals surface area contributed by atoms with Crippen molar-refractivity contribution in [1.29, 1.82) is 0 Å². The first kappa shape index (κ1) is 18.8. The summed E-state index contributed by atoms with van der Waals surface area (Å²) in [7, 11) is -1.54. The fraction of sp³-hybridized carbons (Fsp3) is 0.222. The Balaban J connectivity index is 1.70. The molecular weight excluding hydrogens is 392 g/mol. The molecule has 0 N–H and O–H groups in total. The molecule has 0 aliphatic carbocycles. The molecule has 0 fully saturated rings. The molecule has 26 heavy (non-hydrogen) atoms. The lowest BCUT2D eigenvalue weighted by atomic mass is 10.3. The Hall–Kier alpha value is -1.96. The maximum atomic E-state index is 12.2. The minimum absolute atomic E-state index is 0.0770. The highest BCUT2D eigenvalue weighted by molar-refractivity contribution is 7.91. The average Bonchev–Trinajstić information content (AvgIpc) is 2.90. The molecule has 1 amide bonds. The van der Waals surface area contributed by atoms with Gasteiger partial charge in [0.2, 0.25) is 5.91 Å². The van der Waals surface area contributed by atoms with E-state index >= 15 is 0 Å². The third-order valence-corrected chi connectivity index (χ3v) is 7.04. The number of carbonyl (C=O) groups is 1. The number of aromatic nitrogens is 1. The summed E-state index contributed by atoms with van der Waals surface area (Å²) in [5, 5.41) is 0.628. The van der Waals surface area contributed by atoms with Crippen molar-refractivity contribution >= 4 is 48.9 Å². The highest BCUT2D eigenvalue weighted by Gasteiger charge is 2.14. The van der Waals surface area contributed by atoms with Crippen molar-refractivity contribution in [2.75, 3.05) is 5.75 Å². The second-order valence-electron chi connectivity index (χ2n) is 5.80. The number of aryl methyl sites for hydroxylation is 1. The van der Waals surface area contributed by atoms with Crippen LogP contribution in [0.2, 0.25) is 5.02 Å². The van der Waals surface area contributed by atoms with Crippen LogP contribution >= 0.6 is 22.9 Å². The van der Waals surface area contributed by atoms with Gasteiger partial charge in [-0.25, -0.2) is 8.42 Å². The topological polar surface area (TPSA) is 68.5 Å². The lowest BCUT2D eigenvalue weighted by Gasteiger charge is -2.02. The summed E-state index contributed by atoms with van der Waals surface area (Å²) in [4.78, 5) is 17.1. The van der Waals surface area contributed by atoms with E-state index in [1.807, 2.05) is 23.7 Å². The standard InChI is InChI=1S/C18H17ClN2O3S2/c1-21-15-10-9-13(19)12-16(15)25-18(21)20-17(22)8-5-11-26(23,24)14-6-3-2-4-7-14/h2-4,6-7,9-10,12H,5,8,11H2,1H3. The first-order valence-corrected chi connectivity index (χ1v) is 10.8. The molecule has 0 radical (unpaired) electrons. The van der Waals surface area contributed by atoms with Gasteiger partial charge in [0.25, 0.3) is 0 Å². The molecule has 5 nitrogen and oxygen atoms in total. The van der Waals surface area contributed by atoms with E-state index in [0.29, 0.717) is 9.82 Å². The van der Waals surface area contributed by atoms with Crippen LogP contribution in [0.5, 0.6) is 0 Å². The molecule has 0 saturated heterocycles. The number of nitrogens with zero attached hydrogens (tertiary/aromatic N) is 2. The average molecular weight is 409 g/mol. The van der Waals surface area contributed by atoms with Gasteiger partial charge in [-0.15, -0.1) is 0 Å². The molecule has 0 aliphatic rings. The van der Waals surface area contributed by atoms with E-state index in [4.69, 9.17) is 11.6 Å². The van der Waals surface area contributed by atoms with Crippen LogP contribution in [0.4, 0.5) is 0 Å². The minimum Gasteiger partial charge on any atom is -0.319 e. The molecule has 0 atom stereocenters. The monoisotopic (exact) mass is 408 g/mol. The van der Waals surface area contributed by atoms with Crippen molar-refractivity contribution < 1.29 is 13.2 Å². The number of hydrogen-bond acceptors (Lipinski definition) is 4. The van der Waals surface area contributed by atoms with Crippen LogP contribution in [-0.4, -0.2) is 24.6 Å². The van der Waals surface area contributed by atoms with E-state index in [-0.39, 0.29) is 29.4 Å². The van der Waals surface area contributed by atoms with Crippen molar-refractivity contribution in [2.45, 2.75) is 17.7 Å². The Morgan fingerprint density at radius 1 is 1.19 bits per heavy atom. The molecule has 0 saturated carbocycles. The van der Waals surface area contributed by atoms with E-state index in [1.54, 1.807) is 36.4 Å². The molecule has 3 aromatic rings. The molecule has 0 unspecified atom stereocenters. The highest BCUT2D eigenvalue weighted by atomic mass is 35.5. The van der Waals surface area contributed by atoms with E-state index in [0.717, 1.165) is 10.2 Å². The maximum Gasteiger partial charge on any atom is 0.248 e. The fourth-order valence-electron chi connectivity index (χ4n) is 2.54. The van der Waals surface area contributed by atoms with Crippen molar-refractivity contribution in [3.05, 3.63) is 58.4 Å². The second kappa shape index (κ2) is 7.73. The SMILES string of the molecule is Cn1c(=NC(=O)CCCS(=O)(=O)c2ccccc2)sc2cc(Cl)ccc21. The predicted octanol–water partition coefficient (Wildman–Crippen LogP) is 3.57. The van der Waals surface area contributed by atoms with Gasteiger partial charge in [0, 0.05) is 18.5 Å². The van der Waals surface area contributed by atoms with Crippen molar-refractivity contribution in [2.24, 2.45) is 12.0 Å². The molecule has 8 heteroatoms. The second-order valence-corrected chi connectivity index (χ2v) is 9.35. The number of carbonyl (C=O) groups excluding carboxylic acids is 1. The van der Waals surface area contributed by atoms with Crippen LogP contribution in [0, 0.1) is 0 Å². The van der Waals surface area contributed by atoms with E-state index in [1.165, 1.54) is 11.3 Å². The first-order chi connectivity index (χ1) is 12.4. The Morgan fingerprint density at radius 2 is 1.92 bits per heavy atom. The minimum atomic E-state index is -3.37. The predicted molar refractivity (Wildman–Crippen MR) is 104 cm³/mol. The van der Waals surface area contributed by atoms with E-state index in [2.05, 4.69) is 4.99 Å². The third-order valence-electron chi connectivity index (χ3n) is 3.90. The lowest BCUT2D eigenvalue weighted by molar-refractivity contribution is -0.118. The highest BCUT2D eigenvalue weighted by Crippen LogP contribution is 2.21. The number of sulfone groups is 1. The maximum absolute atomic E-state index is 12.2. The summed E-state index contributed by atoms with van der Waals surface area (Å²) in [6.45, 7) is 0. The van der Waals surface area contributed by atoms with Crippen LogP contribution < -0.4 is 4.80 Å². The number of halogens is 1. The van der Waals surface area contributed by atoms with Gasteiger partial charge in [-0.1, -0.05) is 41.1 Å². The number of hydrogen-bond donors (Lipinski definition) is 0. The Labute approximate surface area is 160 Å². The molecule has 0 bridgehead atoms. The molecule has 136 valence electrons. The Kier molecular flexibility index (Phi) is 5.60. The molecule has 1 heterocycles. The number of amides is 1. The van der Waals surface area contributed by atoms with Crippen LogP contribution in [0.1, 0.15) is 12.8 Å². The Morgan fingerprint density at radius 3 is 2.65 bits per heavy atom. The molecule has 0 aliphatic heterocycles. The molecule has 0 spiro atoms. The summed E-state index contributed by atoms with van der Waals surface area (Å²) < 4.78 is 27.2. The summed E-state index contributed by atoms with van der Waals surface area (Å²) in [5.41, 5.74) is 0.942. The van der Waals surface area contributed by atoms with Crippen molar-refractivity contribution in [1.82, 2.24) is 4.57 Å². The van der Waals surface area contributed by atoms with Crippen LogP contribution in [0.15, 0.2) is 58.4 Å². The van der Waals surface area contributed by atoms with Crippen LogP contribution in [-0.2, 0) is 21.7 Å². The van der Waals surface area contributed by atoms with Gasteiger partial charge in [-0.2, -0.15) is 4.99 Å². The van der Waals surface area contributed by atoms with Gasteiger partial charge in [0.05, 0.1) is 20.9 Å². The normalized spacial score (nSPS) is 12.6. The quantitative estimate of drug-likeness (QED) is 0.648. The fourth-order valence-corrected chi connectivity index (χ4v) is 5.18. The van der Waals surface area contributed by atoms with Gasteiger partial charge in [0.1, 0.15) is 0 Å². The van der Waals surface area contributed by atoms with E-state index < -0.39 is 9.84 Å². The molecule has 1 aromatic heterocycles. The van der Waals surface area contributed by atoms with Gasteiger partial charge in [0.15, 0.2) is 14.6 Å². The zero-order valence-corrected chi connectivity index (χ0v) is 16.4. The summed E-state index contributed by atoms with van der Waals surface area (Å²) in [5.74, 6) is -0.409. The zero-order valence-electron chi connectivity index (χ0n) is 14.1. The number of fused-ring (bicyclic) bond motifs is 1. The van der Waals surface area contributed by atoms with Crippen LogP contribution in [0.25, 0.3) is 10.2 Å². The smallest absolute Gasteiger partial charge is 0.248 e.